The maximum atomic E-state index is 12.2. The molecule has 3 aromatic carbocycles. The van der Waals surface area contributed by atoms with E-state index in [1.165, 1.54) is 40.7 Å². The fraction of sp³-hybridized carbons (Fsp3) is 0.231. The minimum Gasteiger partial charge on any atom is -0.481 e. The summed E-state index contributed by atoms with van der Waals surface area (Å²) in [4.78, 5) is 21.9. The second kappa shape index (κ2) is 12.2. The molecule has 3 aromatic rings. The van der Waals surface area contributed by atoms with Crippen molar-refractivity contribution < 1.29 is 36.6 Å². The molecule has 0 aliphatic carbocycles. The molecule has 1 fully saturated rings. The van der Waals surface area contributed by atoms with Gasteiger partial charge in [-0.3, -0.25) is 9.52 Å². The van der Waals surface area contributed by atoms with Crippen molar-refractivity contribution >= 4 is 37.7 Å². The molecular weight excluding hydrogens is 532 g/mol. The van der Waals surface area contributed by atoms with Crippen LogP contribution in [0.25, 0.3) is 0 Å². The highest BCUT2D eigenvalue weighted by atomic mass is 32.2. The molecule has 0 saturated carbocycles. The van der Waals surface area contributed by atoms with E-state index in [1.54, 1.807) is 42.5 Å². The van der Waals surface area contributed by atoms with E-state index < -0.39 is 37.9 Å². The van der Waals surface area contributed by atoms with Gasteiger partial charge < -0.3 is 10.2 Å². The Labute approximate surface area is 221 Å². The predicted octanol–water partition coefficient (Wildman–Crippen LogP) is 3.67. The molecule has 0 bridgehead atoms. The van der Waals surface area contributed by atoms with Crippen LogP contribution in [0.15, 0.2) is 88.7 Å². The second-order valence-corrected chi connectivity index (χ2v) is 12.3. The summed E-state index contributed by atoms with van der Waals surface area (Å²) in [6.45, 7) is 2.41. The standard InChI is InChI=1S/C14H13NO4S.C12H15NO4S/c1-10-2-8-13(9-3-10)20(18,19)15-12-6-4-11(5-7-12)14(16)17;14-12(15)10-6-8-13(9-7-10)18(16,17)11-4-2-1-3-5-11/h2-9,15H,1H3,(H,16,17);1-5,10H,6-9H2,(H,14,15). The summed E-state index contributed by atoms with van der Waals surface area (Å²) in [6, 6.07) is 20.2. The second-order valence-electron chi connectivity index (χ2n) is 8.63. The van der Waals surface area contributed by atoms with Crippen molar-refractivity contribution in [1.82, 2.24) is 4.31 Å². The number of nitrogens with one attached hydrogen (secondary N) is 1. The highest BCUT2D eigenvalue weighted by molar-refractivity contribution is 7.92. The third-order valence-corrected chi connectivity index (χ3v) is 9.21. The van der Waals surface area contributed by atoms with E-state index in [1.807, 2.05) is 6.92 Å². The van der Waals surface area contributed by atoms with Gasteiger partial charge in [0.1, 0.15) is 0 Å². The number of aliphatic carboxylic acids is 1. The molecule has 0 radical (unpaired) electrons. The molecule has 12 heteroatoms. The number of hydrogen-bond donors (Lipinski definition) is 3. The van der Waals surface area contributed by atoms with Crippen molar-refractivity contribution in [3.63, 3.8) is 0 Å². The smallest absolute Gasteiger partial charge is 0.335 e. The minimum atomic E-state index is -3.66. The van der Waals surface area contributed by atoms with Crippen LogP contribution in [0.3, 0.4) is 0 Å². The Balaban J connectivity index is 0.000000212. The molecule has 1 aliphatic rings. The van der Waals surface area contributed by atoms with Crippen LogP contribution in [0.1, 0.15) is 28.8 Å². The lowest BCUT2D eigenvalue weighted by Gasteiger charge is -2.29. The molecular formula is C26H28N2O8S2. The van der Waals surface area contributed by atoms with Crippen LogP contribution in [0.5, 0.6) is 0 Å². The van der Waals surface area contributed by atoms with Gasteiger partial charge >= 0.3 is 11.9 Å². The van der Waals surface area contributed by atoms with Gasteiger partial charge in [0, 0.05) is 18.8 Å². The van der Waals surface area contributed by atoms with Crippen molar-refractivity contribution in [3.8, 4) is 0 Å². The number of carboxylic acids is 2. The summed E-state index contributed by atoms with van der Waals surface area (Å²) >= 11 is 0. The van der Waals surface area contributed by atoms with Crippen LogP contribution in [-0.2, 0) is 24.8 Å². The first-order valence-corrected chi connectivity index (χ1v) is 14.5. The maximum absolute atomic E-state index is 12.2. The van der Waals surface area contributed by atoms with Gasteiger partial charge in [0.2, 0.25) is 10.0 Å². The van der Waals surface area contributed by atoms with Gasteiger partial charge in [-0.05, 0) is 68.3 Å². The number of sulfonamides is 2. The Morgan fingerprint density at radius 1 is 0.789 bits per heavy atom. The maximum Gasteiger partial charge on any atom is 0.335 e. The Morgan fingerprint density at radius 2 is 1.34 bits per heavy atom. The summed E-state index contributed by atoms with van der Waals surface area (Å²) in [6.07, 6.45) is 0.753. The Morgan fingerprint density at radius 3 is 1.84 bits per heavy atom. The van der Waals surface area contributed by atoms with E-state index >= 15 is 0 Å². The molecule has 0 atom stereocenters. The molecule has 3 N–H and O–H groups in total. The normalized spacial score (nSPS) is 14.7. The molecule has 0 amide bonds. The molecule has 38 heavy (non-hydrogen) atoms. The van der Waals surface area contributed by atoms with E-state index in [4.69, 9.17) is 10.2 Å². The fourth-order valence-corrected chi connectivity index (χ4v) is 6.25. The van der Waals surface area contributed by atoms with Crippen LogP contribution in [0.2, 0.25) is 0 Å². The van der Waals surface area contributed by atoms with Gasteiger partial charge in [-0.2, -0.15) is 4.31 Å². The third kappa shape index (κ3) is 7.40. The number of benzene rings is 3. The largest absolute Gasteiger partial charge is 0.481 e. The minimum absolute atomic E-state index is 0.100. The monoisotopic (exact) mass is 560 g/mol. The molecule has 1 saturated heterocycles. The number of hydrogen-bond acceptors (Lipinski definition) is 6. The number of carboxylic acid groups (broad SMARTS) is 2. The van der Waals surface area contributed by atoms with Crippen LogP contribution < -0.4 is 4.72 Å². The molecule has 4 rings (SSSR count). The average Bonchev–Trinajstić information content (AvgIpc) is 2.90. The van der Waals surface area contributed by atoms with Crippen LogP contribution in [-0.4, -0.2) is 56.4 Å². The highest BCUT2D eigenvalue weighted by Crippen LogP contribution is 2.23. The average molecular weight is 561 g/mol. The first kappa shape index (κ1) is 28.8. The zero-order valence-electron chi connectivity index (χ0n) is 20.5. The molecule has 10 nitrogen and oxygen atoms in total. The van der Waals surface area contributed by atoms with E-state index in [0.29, 0.717) is 18.5 Å². The van der Waals surface area contributed by atoms with Crippen LogP contribution in [0.4, 0.5) is 5.69 Å². The van der Waals surface area contributed by atoms with Crippen LogP contribution >= 0.6 is 0 Å². The summed E-state index contributed by atoms with van der Waals surface area (Å²) in [7, 11) is -7.13. The van der Waals surface area contributed by atoms with Crippen molar-refractivity contribution in [2.75, 3.05) is 17.8 Å². The van der Waals surface area contributed by atoms with E-state index in [9.17, 15) is 26.4 Å². The first-order chi connectivity index (χ1) is 17.9. The predicted molar refractivity (Wildman–Crippen MR) is 141 cm³/mol. The van der Waals surface area contributed by atoms with Crippen molar-refractivity contribution in [1.29, 1.82) is 0 Å². The van der Waals surface area contributed by atoms with Crippen molar-refractivity contribution in [2.24, 2.45) is 5.92 Å². The van der Waals surface area contributed by atoms with Gasteiger partial charge in [0.15, 0.2) is 0 Å². The molecule has 1 heterocycles. The van der Waals surface area contributed by atoms with E-state index in [0.717, 1.165) is 5.56 Å². The number of nitrogens with zero attached hydrogens (tertiary/aromatic N) is 1. The molecule has 202 valence electrons. The summed E-state index contributed by atoms with van der Waals surface area (Å²) < 4.78 is 52.5. The zero-order valence-corrected chi connectivity index (χ0v) is 22.2. The number of carbonyl (C=O) groups is 2. The lowest BCUT2D eigenvalue weighted by molar-refractivity contribution is -0.142. The number of aryl methyl sites for hydroxylation is 1. The summed E-state index contributed by atoms with van der Waals surface area (Å²) in [5, 5.41) is 17.6. The number of anilines is 1. The van der Waals surface area contributed by atoms with Gasteiger partial charge in [-0.15, -0.1) is 0 Å². The van der Waals surface area contributed by atoms with Crippen LogP contribution in [0, 0.1) is 12.8 Å². The van der Waals surface area contributed by atoms with Gasteiger partial charge in [0.05, 0.1) is 21.3 Å². The SMILES string of the molecule is Cc1ccc(S(=O)(=O)Nc2ccc(C(=O)O)cc2)cc1.O=C(O)C1CCN(S(=O)(=O)c2ccccc2)CC1. The summed E-state index contributed by atoms with van der Waals surface area (Å²) in [5.74, 6) is -2.32. The quantitative estimate of drug-likeness (QED) is 0.395. The Bertz CT molecular complexity index is 1460. The van der Waals surface area contributed by atoms with Gasteiger partial charge in [-0.1, -0.05) is 35.9 Å². The lowest BCUT2D eigenvalue weighted by atomic mass is 9.99. The Hall–Kier alpha value is -3.74. The van der Waals surface area contributed by atoms with Crippen molar-refractivity contribution in [3.05, 3.63) is 90.0 Å². The van der Waals surface area contributed by atoms with E-state index in [2.05, 4.69) is 4.72 Å². The van der Waals surface area contributed by atoms with Crippen molar-refractivity contribution in [2.45, 2.75) is 29.6 Å². The Kier molecular flexibility index (Phi) is 9.26. The molecule has 0 spiro atoms. The fourth-order valence-electron chi connectivity index (χ4n) is 3.70. The third-order valence-electron chi connectivity index (χ3n) is 5.90. The summed E-state index contributed by atoms with van der Waals surface area (Å²) in [5.41, 5.74) is 1.38. The molecule has 0 aromatic heterocycles. The molecule has 1 aliphatic heterocycles. The number of rotatable bonds is 7. The zero-order chi connectivity index (χ0) is 27.9. The lowest BCUT2D eigenvalue weighted by Crippen LogP contribution is -2.40. The highest BCUT2D eigenvalue weighted by Gasteiger charge is 2.31. The van der Waals surface area contributed by atoms with Gasteiger partial charge in [-0.25, -0.2) is 21.6 Å². The van der Waals surface area contributed by atoms with Gasteiger partial charge in [0.25, 0.3) is 10.0 Å². The molecule has 0 unspecified atom stereocenters. The topological polar surface area (TPSA) is 158 Å². The first-order valence-electron chi connectivity index (χ1n) is 11.6. The van der Waals surface area contributed by atoms with E-state index in [-0.39, 0.29) is 28.4 Å². The number of aromatic carboxylic acids is 1. The number of piperidine rings is 1.